The van der Waals surface area contributed by atoms with E-state index in [1.54, 1.807) is 0 Å². The van der Waals surface area contributed by atoms with Crippen LogP contribution in [0.5, 0.6) is 0 Å². The second-order valence-corrected chi connectivity index (χ2v) is 3.99. The zero-order valence-corrected chi connectivity index (χ0v) is 7.79. The molecule has 12 heavy (non-hydrogen) atoms. The van der Waals surface area contributed by atoms with Gasteiger partial charge in [0.1, 0.15) is 10.0 Å². The van der Waals surface area contributed by atoms with Crippen LogP contribution < -0.4 is 0 Å². The van der Waals surface area contributed by atoms with E-state index in [0.717, 1.165) is 12.3 Å². The first-order valence-electron chi connectivity index (χ1n) is 2.67. The molecule has 0 atom stereocenters. The summed E-state index contributed by atoms with van der Waals surface area (Å²) in [5, 5.41) is -0.419. The van der Waals surface area contributed by atoms with E-state index in [-0.39, 0.29) is 10.2 Å². The molecule has 0 bridgehead atoms. The quantitative estimate of drug-likeness (QED) is 0.547. The fourth-order valence-electron chi connectivity index (χ4n) is 0.583. The fraction of sp³-hybridized carbons (Fsp3) is 0. The van der Waals surface area contributed by atoms with Gasteiger partial charge in [-0.25, -0.2) is 4.98 Å². The van der Waals surface area contributed by atoms with Crippen LogP contribution in [0.4, 0.5) is 3.89 Å². The van der Waals surface area contributed by atoms with Gasteiger partial charge in [0.25, 0.3) is 0 Å². The van der Waals surface area contributed by atoms with Crippen molar-refractivity contribution in [3.8, 4) is 0 Å². The Balaban J connectivity index is 3.43. The van der Waals surface area contributed by atoms with Crippen LogP contribution in [0.2, 0.25) is 10.2 Å². The number of aromatic nitrogens is 1. The molecule has 1 aromatic heterocycles. The summed E-state index contributed by atoms with van der Waals surface area (Å²) < 4.78 is 33.1. The third-order valence-electron chi connectivity index (χ3n) is 1.05. The number of nitrogens with zero attached hydrogens (tertiary/aromatic N) is 1. The molecule has 0 aliphatic rings. The molecule has 0 saturated heterocycles. The van der Waals surface area contributed by atoms with Gasteiger partial charge in [-0.15, -0.1) is 3.89 Å². The minimum atomic E-state index is -4.81. The second-order valence-electron chi connectivity index (χ2n) is 1.88. The van der Waals surface area contributed by atoms with E-state index in [0.29, 0.717) is 0 Å². The van der Waals surface area contributed by atoms with Gasteiger partial charge in [-0.1, -0.05) is 23.2 Å². The summed E-state index contributed by atoms with van der Waals surface area (Å²) in [6, 6.07) is 0.846. The molecule has 0 aliphatic heterocycles. The summed E-state index contributed by atoms with van der Waals surface area (Å²) in [4.78, 5) is 2.79. The molecule has 1 rings (SSSR count). The Bertz CT molecular complexity index is 406. The highest BCUT2D eigenvalue weighted by Gasteiger charge is 2.17. The van der Waals surface area contributed by atoms with Crippen molar-refractivity contribution in [2.45, 2.75) is 4.90 Å². The van der Waals surface area contributed by atoms with Crippen molar-refractivity contribution in [1.82, 2.24) is 4.98 Å². The van der Waals surface area contributed by atoms with E-state index in [1.807, 2.05) is 0 Å². The van der Waals surface area contributed by atoms with Gasteiger partial charge in [0, 0.05) is 6.20 Å². The standard InChI is InChI=1S/C5H2Cl2FNO2S/c6-3-2-9-5(7)1-4(3)12(8,10)11/h1-2H. The monoisotopic (exact) mass is 229 g/mol. The van der Waals surface area contributed by atoms with Crippen molar-refractivity contribution in [2.75, 3.05) is 0 Å². The van der Waals surface area contributed by atoms with Crippen molar-refractivity contribution in [3.05, 3.63) is 22.4 Å². The van der Waals surface area contributed by atoms with Crippen molar-refractivity contribution < 1.29 is 12.3 Å². The van der Waals surface area contributed by atoms with Gasteiger partial charge >= 0.3 is 10.2 Å². The Morgan fingerprint density at radius 2 is 2.00 bits per heavy atom. The van der Waals surface area contributed by atoms with Crippen LogP contribution >= 0.6 is 23.2 Å². The average molecular weight is 230 g/mol. The highest BCUT2D eigenvalue weighted by atomic mass is 35.5. The lowest BCUT2D eigenvalue weighted by Gasteiger charge is -1.97. The zero-order valence-electron chi connectivity index (χ0n) is 5.46. The van der Waals surface area contributed by atoms with E-state index in [9.17, 15) is 12.3 Å². The van der Waals surface area contributed by atoms with Crippen molar-refractivity contribution >= 4 is 33.4 Å². The first-order valence-corrected chi connectivity index (χ1v) is 4.81. The molecule has 3 nitrogen and oxygen atoms in total. The molecule has 0 saturated carbocycles. The van der Waals surface area contributed by atoms with Gasteiger partial charge in [-0.3, -0.25) is 0 Å². The molecule has 0 unspecified atom stereocenters. The summed E-state index contributed by atoms with van der Waals surface area (Å²) in [6.07, 6.45) is 0.969. The Kier molecular flexibility index (Phi) is 2.55. The van der Waals surface area contributed by atoms with Gasteiger partial charge in [-0.2, -0.15) is 8.42 Å². The van der Waals surface area contributed by atoms with Gasteiger partial charge in [0.15, 0.2) is 0 Å². The first kappa shape index (κ1) is 9.70. The van der Waals surface area contributed by atoms with Crippen LogP contribution in [0, 0.1) is 0 Å². The number of hydrogen-bond acceptors (Lipinski definition) is 3. The molecule has 7 heteroatoms. The average Bonchev–Trinajstić information content (AvgIpc) is 1.92. The van der Waals surface area contributed by atoms with Gasteiger partial charge in [0.05, 0.1) is 5.02 Å². The van der Waals surface area contributed by atoms with Crippen LogP contribution in [-0.4, -0.2) is 13.4 Å². The van der Waals surface area contributed by atoms with Gasteiger partial charge in [0.2, 0.25) is 0 Å². The van der Waals surface area contributed by atoms with Gasteiger partial charge < -0.3 is 0 Å². The predicted molar refractivity (Wildman–Crippen MR) is 42.6 cm³/mol. The molecule has 66 valence electrons. The topological polar surface area (TPSA) is 47.0 Å². The predicted octanol–water partition coefficient (Wildman–Crippen LogP) is 2.05. The number of halogens is 3. The lowest BCUT2D eigenvalue weighted by Crippen LogP contribution is -1.93. The molecule has 1 heterocycles. The second kappa shape index (κ2) is 3.16. The highest BCUT2D eigenvalue weighted by molar-refractivity contribution is 7.86. The normalized spacial score (nSPS) is 11.6. The summed E-state index contributed by atoms with van der Waals surface area (Å²) in [5.74, 6) is 0. The third-order valence-corrected chi connectivity index (χ3v) is 2.53. The molecule has 0 aliphatic carbocycles. The zero-order chi connectivity index (χ0) is 9.35. The molecule has 0 fully saturated rings. The molecule has 0 spiro atoms. The minimum absolute atomic E-state index is 0.129. The van der Waals surface area contributed by atoms with E-state index in [1.165, 1.54) is 0 Å². The Morgan fingerprint density at radius 1 is 1.42 bits per heavy atom. The maximum absolute atomic E-state index is 12.4. The highest BCUT2D eigenvalue weighted by Crippen LogP contribution is 2.24. The van der Waals surface area contributed by atoms with Crippen molar-refractivity contribution in [2.24, 2.45) is 0 Å². The van der Waals surface area contributed by atoms with Crippen LogP contribution in [-0.2, 0) is 10.2 Å². The van der Waals surface area contributed by atoms with Crippen LogP contribution in [0.25, 0.3) is 0 Å². The van der Waals surface area contributed by atoms with Crippen molar-refractivity contribution in [1.29, 1.82) is 0 Å². The number of hydrogen-bond donors (Lipinski definition) is 0. The molecule has 0 radical (unpaired) electrons. The summed E-state index contributed by atoms with van der Waals surface area (Å²) in [5.41, 5.74) is 0. The lowest BCUT2D eigenvalue weighted by atomic mass is 10.5. The minimum Gasteiger partial charge on any atom is -0.243 e. The fourth-order valence-corrected chi connectivity index (χ4v) is 1.72. The van der Waals surface area contributed by atoms with Gasteiger partial charge in [-0.05, 0) is 6.07 Å². The lowest BCUT2D eigenvalue weighted by molar-refractivity contribution is 0.552. The first-order chi connectivity index (χ1) is 5.41. The molecule has 0 amide bonds. The van der Waals surface area contributed by atoms with Crippen LogP contribution in [0.1, 0.15) is 0 Å². The van der Waals surface area contributed by atoms with Crippen LogP contribution in [0.15, 0.2) is 17.2 Å². The smallest absolute Gasteiger partial charge is 0.243 e. The van der Waals surface area contributed by atoms with Crippen LogP contribution in [0.3, 0.4) is 0 Å². The molecular formula is C5H2Cl2FNO2S. The molecule has 0 aromatic carbocycles. The van der Waals surface area contributed by atoms with E-state index in [4.69, 9.17) is 23.2 Å². The van der Waals surface area contributed by atoms with E-state index < -0.39 is 15.1 Å². The molecular weight excluding hydrogens is 228 g/mol. The summed E-state index contributed by atoms with van der Waals surface area (Å²) in [6.45, 7) is 0. The van der Waals surface area contributed by atoms with E-state index in [2.05, 4.69) is 4.98 Å². The maximum Gasteiger partial charge on any atom is 0.333 e. The Labute approximate surface area is 78.3 Å². The SMILES string of the molecule is O=S(=O)(F)c1cc(Cl)ncc1Cl. The Hall–Kier alpha value is -0.390. The largest absolute Gasteiger partial charge is 0.333 e. The number of rotatable bonds is 1. The van der Waals surface area contributed by atoms with E-state index >= 15 is 0 Å². The Morgan fingerprint density at radius 3 is 2.42 bits per heavy atom. The maximum atomic E-state index is 12.4. The van der Waals surface area contributed by atoms with Crippen molar-refractivity contribution in [3.63, 3.8) is 0 Å². The summed E-state index contributed by atoms with van der Waals surface area (Å²) >= 11 is 10.7. The summed E-state index contributed by atoms with van der Waals surface area (Å²) in [7, 11) is -4.81. The third kappa shape index (κ3) is 2.06. The number of pyridine rings is 1. The molecule has 1 aromatic rings. The molecule has 0 N–H and O–H groups in total.